The van der Waals surface area contributed by atoms with Crippen molar-refractivity contribution < 1.29 is 14.3 Å². The second-order valence-electron chi connectivity index (χ2n) is 6.49. The predicted octanol–water partition coefficient (Wildman–Crippen LogP) is 3.23. The maximum absolute atomic E-state index is 11.9. The molecular weight excluding hydrogens is 292 g/mol. The molecule has 0 fully saturated rings. The second kappa shape index (κ2) is 7.95. The third-order valence-corrected chi connectivity index (χ3v) is 4.00. The van der Waals surface area contributed by atoms with E-state index >= 15 is 0 Å². The summed E-state index contributed by atoms with van der Waals surface area (Å²) in [6.45, 7) is 8.06. The zero-order chi connectivity index (χ0) is 16.8. The summed E-state index contributed by atoms with van der Waals surface area (Å²) >= 11 is 0. The van der Waals surface area contributed by atoms with Crippen molar-refractivity contribution in [2.75, 3.05) is 7.11 Å². The van der Waals surface area contributed by atoms with Crippen molar-refractivity contribution in [2.24, 2.45) is 5.92 Å². The summed E-state index contributed by atoms with van der Waals surface area (Å²) in [5, 5.41) is 0. The third-order valence-electron chi connectivity index (χ3n) is 3.12. The van der Waals surface area contributed by atoms with Crippen molar-refractivity contribution in [3.8, 4) is 11.5 Å². The molecule has 1 aromatic rings. The summed E-state index contributed by atoms with van der Waals surface area (Å²) < 4.78 is 4.82. The van der Waals surface area contributed by atoms with Crippen LogP contribution >= 0.6 is 0 Å². The number of hydrogen-bond acceptors (Lipinski definition) is 3. The number of methoxy groups -OCH3 is 1. The third kappa shape index (κ3) is 6.27. The maximum Gasteiger partial charge on any atom is 0.309 e. The van der Waals surface area contributed by atoms with Crippen LogP contribution in [0.3, 0.4) is 0 Å². The van der Waals surface area contributed by atoms with Crippen LogP contribution < -0.4 is 0 Å². The summed E-state index contributed by atoms with van der Waals surface area (Å²) in [7, 11) is -0.111. The van der Waals surface area contributed by atoms with Crippen LogP contribution in [0.5, 0.6) is 0 Å². The highest BCUT2D eigenvalue weighted by atomic mass is 28.3. The molecule has 0 bridgehead atoms. The molecule has 0 aliphatic rings. The van der Waals surface area contributed by atoms with E-state index in [1.165, 1.54) is 14.0 Å². The minimum absolute atomic E-state index is 0.0129. The van der Waals surface area contributed by atoms with Gasteiger partial charge in [0.05, 0.1) is 13.0 Å². The highest BCUT2D eigenvalue weighted by molar-refractivity contribution is 6.83. The fourth-order valence-corrected chi connectivity index (χ4v) is 2.60. The monoisotopic (exact) mass is 316 g/mol. The maximum atomic E-state index is 11.9. The Hall–Kier alpha value is -1.86. The van der Waals surface area contributed by atoms with Gasteiger partial charge in [-0.05, 0) is 25.0 Å². The number of hydrogen-bond donors (Lipinski definition) is 0. The SMILES string of the molecule is COC(=O)C(CC(C)=O)Cc1ccccc1C#C[Si](C)(C)C. The lowest BCUT2D eigenvalue weighted by Gasteiger charge is -2.14. The van der Waals surface area contributed by atoms with Crippen LogP contribution in [0.1, 0.15) is 24.5 Å². The van der Waals surface area contributed by atoms with Gasteiger partial charge in [0, 0.05) is 12.0 Å². The molecule has 0 aliphatic heterocycles. The van der Waals surface area contributed by atoms with Crippen molar-refractivity contribution in [1.82, 2.24) is 0 Å². The van der Waals surface area contributed by atoms with Gasteiger partial charge in [0.15, 0.2) is 0 Å². The Labute approximate surface area is 134 Å². The first-order valence-corrected chi connectivity index (χ1v) is 10.9. The van der Waals surface area contributed by atoms with E-state index in [1.54, 1.807) is 0 Å². The second-order valence-corrected chi connectivity index (χ2v) is 11.2. The van der Waals surface area contributed by atoms with Crippen LogP contribution in [0.4, 0.5) is 0 Å². The van der Waals surface area contributed by atoms with E-state index in [1.807, 2.05) is 24.3 Å². The molecule has 0 radical (unpaired) electrons. The minimum Gasteiger partial charge on any atom is -0.469 e. The number of ketones is 1. The molecule has 0 amide bonds. The number of benzene rings is 1. The number of esters is 1. The average molecular weight is 316 g/mol. The van der Waals surface area contributed by atoms with E-state index in [0.717, 1.165) is 11.1 Å². The first-order valence-electron chi connectivity index (χ1n) is 7.41. The van der Waals surface area contributed by atoms with E-state index in [2.05, 4.69) is 31.1 Å². The standard InChI is InChI=1S/C18H24O3Si/c1-14(19)12-17(18(20)21-2)13-16-9-7-6-8-15(16)10-11-22(3,4)5/h6-9,17H,12-13H2,1-5H3. The fraction of sp³-hybridized carbons (Fsp3) is 0.444. The first kappa shape index (κ1) is 18.2. The summed E-state index contributed by atoms with van der Waals surface area (Å²) in [5.74, 6) is 2.44. The molecule has 0 heterocycles. The van der Waals surface area contributed by atoms with Crippen molar-refractivity contribution >= 4 is 19.8 Å². The number of ether oxygens (including phenoxy) is 1. The lowest BCUT2D eigenvalue weighted by molar-refractivity contribution is -0.147. The Morgan fingerprint density at radius 3 is 2.41 bits per heavy atom. The molecule has 0 N–H and O–H groups in total. The van der Waals surface area contributed by atoms with Crippen molar-refractivity contribution in [3.05, 3.63) is 35.4 Å². The predicted molar refractivity (Wildman–Crippen MR) is 91.2 cm³/mol. The van der Waals surface area contributed by atoms with Gasteiger partial charge in [-0.15, -0.1) is 5.54 Å². The lowest BCUT2D eigenvalue weighted by atomic mass is 9.92. The molecule has 0 aliphatic carbocycles. The Morgan fingerprint density at radius 1 is 1.23 bits per heavy atom. The molecule has 4 heteroatoms. The van der Waals surface area contributed by atoms with Crippen molar-refractivity contribution in [2.45, 2.75) is 39.4 Å². The molecule has 1 aromatic carbocycles. The average Bonchev–Trinajstić information content (AvgIpc) is 2.43. The Morgan fingerprint density at radius 2 is 1.86 bits per heavy atom. The quantitative estimate of drug-likeness (QED) is 0.476. The van der Waals surface area contributed by atoms with Crippen LogP contribution in [-0.4, -0.2) is 26.9 Å². The van der Waals surface area contributed by atoms with Gasteiger partial charge in [-0.25, -0.2) is 0 Å². The van der Waals surface area contributed by atoms with Crippen LogP contribution in [-0.2, 0) is 20.7 Å². The van der Waals surface area contributed by atoms with E-state index < -0.39 is 14.0 Å². The molecule has 3 nitrogen and oxygen atoms in total. The van der Waals surface area contributed by atoms with E-state index in [9.17, 15) is 9.59 Å². The number of rotatable bonds is 5. The minimum atomic E-state index is -1.46. The van der Waals surface area contributed by atoms with E-state index in [0.29, 0.717) is 6.42 Å². The lowest BCUT2D eigenvalue weighted by Crippen LogP contribution is -2.21. The van der Waals surface area contributed by atoms with Gasteiger partial charge in [-0.3, -0.25) is 4.79 Å². The van der Waals surface area contributed by atoms with Gasteiger partial charge in [0.2, 0.25) is 0 Å². The number of carbonyl (C=O) groups is 2. The van der Waals surface area contributed by atoms with Crippen LogP contribution in [0.15, 0.2) is 24.3 Å². The van der Waals surface area contributed by atoms with Gasteiger partial charge in [0.1, 0.15) is 13.9 Å². The molecule has 1 atom stereocenters. The highest BCUT2D eigenvalue weighted by Crippen LogP contribution is 2.18. The summed E-state index contributed by atoms with van der Waals surface area (Å²) in [6, 6.07) is 7.79. The van der Waals surface area contributed by atoms with Crippen molar-refractivity contribution in [1.29, 1.82) is 0 Å². The smallest absolute Gasteiger partial charge is 0.309 e. The molecular formula is C18H24O3Si. The van der Waals surface area contributed by atoms with Gasteiger partial charge in [-0.2, -0.15) is 0 Å². The van der Waals surface area contributed by atoms with Crippen LogP contribution in [0.2, 0.25) is 19.6 Å². The van der Waals surface area contributed by atoms with Crippen molar-refractivity contribution in [3.63, 3.8) is 0 Å². The van der Waals surface area contributed by atoms with E-state index in [-0.39, 0.29) is 18.2 Å². The van der Waals surface area contributed by atoms with Crippen LogP contribution in [0, 0.1) is 17.4 Å². The number of carbonyl (C=O) groups excluding carboxylic acids is 2. The molecule has 1 rings (SSSR count). The highest BCUT2D eigenvalue weighted by Gasteiger charge is 2.22. The summed E-state index contributed by atoms with van der Waals surface area (Å²) in [4.78, 5) is 23.3. The fourth-order valence-electron chi connectivity index (χ4n) is 2.09. The number of Topliss-reactive ketones (excluding diaryl/α,β-unsaturated/α-hetero) is 1. The van der Waals surface area contributed by atoms with Gasteiger partial charge >= 0.3 is 5.97 Å². The Balaban J connectivity index is 3.06. The van der Waals surface area contributed by atoms with E-state index in [4.69, 9.17) is 4.74 Å². The summed E-state index contributed by atoms with van der Waals surface area (Å²) in [6.07, 6.45) is 0.672. The van der Waals surface area contributed by atoms with Gasteiger partial charge in [-0.1, -0.05) is 43.8 Å². The normalized spacial score (nSPS) is 12.0. The van der Waals surface area contributed by atoms with Gasteiger partial charge < -0.3 is 9.53 Å². The largest absolute Gasteiger partial charge is 0.469 e. The summed E-state index contributed by atoms with van der Waals surface area (Å²) in [5.41, 5.74) is 5.26. The Kier molecular flexibility index (Phi) is 6.57. The molecule has 0 saturated carbocycles. The van der Waals surface area contributed by atoms with Gasteiger partial charge in [0.25, 0.3) is 0 Å². The zero-order valence-electron chi connectivity index (χ0n) is 14.0. The molecule has 1 unspecified atom stereocenters. The molecule has 118 valence electrons. The molecule has 0 spiro atoms. The van der Waals surface area contributed by atoms with Crippen LogP contribution in [0.25, 0.3) is 0 Å². The molecule has 0 aromatic heterocycles. The topological polar surface area (TPSA) is 43.4 Å². The zero-order valence-corrected chi connectivity index (χ0v) is 15.0. The molecule has 0 saturated heterocycles. The Bertz CT molecular complexity index is 603. The first-order chi connectivity index (χ1) is 10.2. The molecule has 22 heavy (non-hydrogen) atoms.